The second kappa shape index (κ2) is 6.79. The van der Waals surface area contributed by atoms with Gasteiger partial charge in [-0.3, -0.25) is 4.90 Å². The maximum Gasteiger partial charge on any atom is 0.177 e. The fourth-order valence-corrected chi connectivity index (χ4v) is 4.58. The molecule has 3 rings (SSSR count). The van der Waals surface area contributed by atoms with E-state index in [2.05, 4.69) is 16.7 Å². The molecule has 1 atom stereocenters. The Bertz CT molecular complexity index is 639. The summed E-state index contributed by atoms with van der Waals surface area (Å²) in [5.74, 6) is 0. The van der Waals surface area contributed by atoms with Gasteiger partial charge >= 0.3 is 0 Å². The first-order valence-electron chi connectivity index (χ1n) is 8.35. The number of anilines is 1. The number of nitrogens with zero attached hydrogens (tertiary/aromatic N) is 2. The molecule has 2 aliphatic heterocycles. The molecule has 2 heterocycles. The molecular formula is C17H26N2O3S. The van der Waals surface area contributed by atoms with Gasteiger partial charge in [0.2, 0.25) is 0 Å². The molecule has 128 valence electrons. The lowest BCUT2D eigenvalue weighted by atomic mass is 10.0. The fourth-order valence-electron chi connectivity index (χ4n) is 3.68. The van der Waals surface area contributed by atoms with Crippen LogP contribution in [-0.4, -0.2) is 64.5 Å². The zero-order valence-corrected chi connectivity index (χ0v) is 14.8. The predicted molar refractivity (Wildman–Crippen MR) is 91.8 cm³/mol. The number of morpholine rings is 1. The van der Waals surface area contributed by atoms with Crippen molar-refractivity contribution in [2.24, 2.45) is 0 Å². The Labute approximate surface area is 139 Å². The summed E-state index contributed by atoms with van der Waals surface area (Å²) in [7, 11) is -3.19. The van der Waals surface area contributed by atoms with Crippen LogP contribution in [0.1, 0.15) is 19.8 Å². The van der Waals surface area contributed by atoms with Crippen LogP contribution in [0.5, 0.6) is 0 Å². The van der Waals surface area contributed by atoms with E-state index in [1.54, 1.807) is 12.1 Å². The molecule has 2 aliphatic rings. The summed E-state index contributed by atoms with van der Waals surface area (Å²) in [4.78, 5) is 5.20. The van der Waals surface area contributed by atoms with Gasteiger partial charge in [-0.25, -0.2) is 8.42 Å². The molecule has 5 nitrogen and oxygen atoms in total. The quantitative estimate of drug-likeness (QED) is 0.841. The van der Waals surface area contributed by atoms with Crippen LogP contribution in [0.3, 0.4) is 0 Å². The molecule has 0 spiro atoms. The van der Waals surface area contributed by atoms with Crippen molar-refractivity contribution in [3.8, 4) is 0 Å². The Morgan fingerprint density at radius 1 is 1.13 bits per heavy atom. The SMILES string of the molecule is CC1CN(C2CCN(c3ccccc3S(C)(=O)=O)CC2)CCO1. The number of rotatable bonds is 3. The van der Waals surface area contributed by atoms with Crippen molar-refractivity contribution < 1.29 is 13.2 Å². The van der Waals surface area contributed by atoms with Gasteiger partial charge in [0, 0.05) is 38.5 Å². The highest BCUT2D eigenvalue weighted by molar-refractivity contribution is 7.90. The van der Waals surface area contributed by atoms with E-state index in [1.165, 1.54) is 6.26 Å². The highest BCUT2D eigenvalue weighted by atomic mass is 32.2. The number of sulfone groups is 1. The van der Waals surface area contributed by atoms with Gasteiger partial charge in [-0.15, -0.1) is 0 Å². The molecule has 0 saturated carbocycles. The van der Waals surface area contributed by atoms with Gasteiger partial charge in [-0.05, 0) is 31.9 Å². The van der Waals surface area contributed by atoms with Gasteiger partial charge in [0.05, 0.1) is 23.3 Å². The van der Waals surface area contributed by atoms with Crippen molar-refractivity contribution in [2.45, 2.75) is 36.8 Å². The summed E-state index contributed by atoms with van der Waals surface area (Å²) in [5, 5.41) is 0. The molecule has 0 radical (unpaired) electrons. The number of piperidine rings is 1. The van der Waals surface area contributed by atoms with Gasteiger partial charge in [0.15, 0.2) is 9.84 Å². The van der Waals surface area contributed by atoms with Crippen LogP contribution < -0.4 is 4.90 Å². The monoisotopic (exact) mass is 338 g/mol. The smallest absolute Gasteiger partial charge is 0.177 e. The molecule has 1 aromatic rings. The van der Waals surface area contributed by atoms with E-state index in [1.807, 2.05) is 12.1 Å². The lowest BCUT2D eigenvalue weighted by Gasteiger charge is -2.42. The van der Waals surface area contributed by atoms with E-state index in [4.69, 9.17) is 4.74 Å². The highest BCUT2D eigenvalue weighted by Gasteiger charge is 2.29. The van der Waals surface area contributed by atoms with E-state index in [-0.39, 0.29) is 0 Å². The van der Waals surface area contributed by atoms with E-state index in [0.717, 1.165) is 51.3 Å². The topological polar surface area (TPSA) is 49.9 Å². The summed E-state index contributed by atoms with van der Waals surface area (Å²) in [6.07, 6.45) is 3.75. The number of ether oxygens (including phenoxy) is 1. The average molecular weight is 338 g/mol. The predicted octanol–water partition coefficient (Wildman–Crippen LogP) is 1.78. The van der Waals surface area contributed by atoms with Crippen molar-refractivity contribution in [3.05, 3.63) is 24.3 Å². The standard InChI is InChI=1S/C17H26N2O3S/c1-14-13-19(11-12-22-14)15-7-9-18(10-8-15)16-5-3-4-6-17(16)23(2,20)21/h3-6,14-15H,7-13H2,1-2H3. The Kier molecular flexibility index (Phi) is 4.94. The highest BCUT2D eigenvalue weighted by Crippen LogP contribution is 2.29. The van der Waals surface area contributed by atoms with Gasteiger partial charge < -0.3 is 9.64 Å². The minimum Gasteiger partial charge on any atom is -0.376 e. The van der Waals surface area contributed by atoms with Crippen LogP contribution in [0.4, 0.5) is 5.69 Å². The van der Waals surface area contributed by atoms with Crippen LogP contribution in [-0.2, 0) is 14.6 Å². The first-order chi connectivity index (χ1) is 10.9. The van der Waals surface area contributed by atoms with Crippen molar-refractivity contribution in [1.82, 2.24) is 4.90 Å². The molecule has 0 aromatic heterocycles. The second-order valence-electron chi connectivity index (χ2n) is 6.63. The summed E-state index contributed by atoms with van der Waals surface area (Å²) >= 11 is 0. The van der Waals surface area contributed by atoms with E-state index >= 15 is 0 Å². The molecule has 2 fully saturated rings. The minimum atomic E-state index is -3.19. The molecule has 0 aliphatic carbocycles. The first kappa shape index (κ1) is 16.7. The Balaban J connectivity index is 1.68. The Morgan fingerprint density at radius 3 is 2.48 bits per heavy atom. The molecule has 0 N–H and O–H groups in total. The van der Waals surface area contributed by atoms with E-state index in [0.29, 0.717) is 17.0 Å². The van der Waals surface area contributed by atoms with Gasteiger partial charge in [-0.2, -0.15) is 0 Å². The number of hydrogen-bond donors (Lipinski definition) is 0. The Morgan fingerprint density at radius 2 is 1.83 bits per heavy atom. The van der Waals surface area contributed by atoms with Gasteiger partial charge in [-0.1, -0.05) is 12.1 Å². The number of para-hydroxylation sites is 1. The third-order valence-electron chi connectivity index (χ3n) is 4.86. The third kappa shape index (κ3) is 3.87. The van der Waals surface area contributed by atoms with Crippen molar-refractivity contribution in [2.75, 3.05) is 43.9 Å². The summed E-state index contributed by atoms with van der Waals surface area (Å²) in [6.45, 7) is 6.77. The molecule has 23 heavy (non-hydrogen) atoms. The van der Waals surface area contributed by atoms with Crippen LogP contribution >= 0.6 is 0 Å². The van der Waals surface area contributed by atoms with Crippen LogP contribution in [0.15, 0.2) is 29.2 Å². The molecule has 6 heteroatoms. The van der Waals surface area contributed by atoms with Crippen LogP contribution in [0, 0.1) is 0 Å². The van der Waals surface area contributed by atoms with Crippen LogP contribution in [0.25, 0.3) is 0 Å². The van der Waals surface area contributed by atoms with Gasteiger partial charge in [0.1, 0.15) is 0 Å². The maximum absolute atomic E-state index is 12.0. The summed E-state index contributed by atoms with van der Waals surface area (Å²) < 4.78 is 29.6. The van der Waals surface area contributed by atoms with Crippen molar-refractivity contribution in [3.63, 3.8) is 0 Å². The number of hydrogen-bond acceptors (Lipinski definition) is 5. The number of benzene rings is 1. The average Bonchev–Trinajstić information content (AvgIpc) is 2.54. The molecule has 0 amide bonds. The zero-order chi connectivity index (χ0) is 16.4. The van der Waals surface area contributed by atoms with Gasteiger partial charge in [0.25, 0.3) is 0 Å². The maximum atomic E-state index is 12.0. The first-order valence-corrected chi connectivity index (χ1v) is 10.2. The van der Waals surface area contributed by atoms with E-state index in [9.17, 15) is 8.42 Å². The second-order valence-corrected chi connectivity index (χ2v) is 8.62. The third-order valence-corrected chi connectivity index (χ3v) is 6.00. The van der Waals surface area contributed by atoms with Crippen LogP contribution in [0.2, 0.25) is 0 Å². The zero-order valence-electron chi connectivity index (χ0n) is 13.9. The molecule has 1 unspecified atom stereocenters. The van der Waals surface area contributed by atoms with Crippen molar-refractivity contribution in [1.29, 1.82) is 0 Å². The summed E-state index contributed by atoms with van der Waals surface area (Å²) in [6, 6.07) is 7.93. The molecule has 0 bridgehead atoms. The lowest BCUT2D eigenvalue weighted by molar-refractivity contribution is -0.0373. The lowest BCUT2D eigenvalue weighted by Crippen LogP contribution is -2.51. The minimum absolute atomic E-state index is 0.313. The van der Waals surface area contributed by atoms with Crippen molar-refractivity contribution >= 4 is 15.5 Å². The molecule has 2 saturated heterocycles. The Hall–Kier alpha value is -1.11. The largest absolute Gasteiger partial charge is 0.376 e. The molecular weight excluding hydrogens is 312 g/mol. The fraction of sp³-hybridized carbons (Fsp3) is 0.647. The van der Waals surface area contributed by atoms with E-state index < -0.39 is 9.84 Å². The summed E-state index contributed by atoms with van der Waals surface area (Å²) in [5.41, 5.74) is 0.851. The molecule has 1 aromatic carbocycles. The normalized spacial score (nSPS) is 24.8.